The molecule has 0 bridgehead atoms. The van der Waals surface area contributed by atoms with Crippen molar-refractivity contribution < 1.29 is 29.2 Å². The molecule has 1 atom stereocenters. The highest BCUT2D eigenvalue weighted by Crippen LogP contribution is 2.30. The minimum absolute atomic E-state index is 0.109. The second-order valence-corrected chi connectivity index (χ2v) is 4.50. The van der Waals surface area contributed by atoms with E-state index in [1.54, 1.807) is 31.2 Å². The van der Waals surface area contributed by atoms with Crippen molar-refractivity contribution in [2.24, 2.45) is 0 Å². The standard InChI is InChI=1S/C16H16O6/c1-10(17)12-5-3-4-6-14(12)22-16(19)21-11-7-8-15(20-2)13(18)9-11/h3-10,17-18H,1-2H3. The van der Waals surface area contributed by atoms with Crippen molar-refractivity contribution >= 4 is 6.16 Å². The summed E-state index contributed by atoms with van der Waals surface area (Å²) in [5, 5.41) is 19.2. The zero-order valence-corrected chi connectivity index (χ0v) is 12.1. The Hall–Kier alpha value is -2.73. The van der Waals surface area contributed by atoms with Crippen molar-refractivity contribution in [3.05, 3.63) is 48.0 Å². The molecule has 6 heteroatoms. The van der Waals surface area contributed by atoms with Crippen molar-refractivity contribution in [3.63, 3.8) is 0 Å². The lowest BCUT2D eigenvalue weighted by Crippen LogP contribution is -2.15. The van der Waals surface area contributed by atoms with Gasteiger partial charge in [-0.2, -0.15) is 0 Å². The van der Waals surface area contributed by atoms with Gasteiger partial charge in [0.15, 0.2) is 11.5 Å². The third-order valence-corrected chi connectivity index (χ3v) is 2.91. The van der Waals surface area contributed by atoms with E-state index < -0.39 is 12.3 Å². The highest BCUT2D eigenvalue weighted by atomic mass is 16.7. The highest BCUT2D eigenvalue weighted by molar-refractivity contribution is 5.68. The summed E-state index contributed by atoms with van der Waals surface area (Å²) in [6.07, 6.45) is -1.76. The van der Waals surface area contributed by atoms with Crippen LogP contribution in [0.5, 0.6) is 23.0 Å². The first kappa shape index (κ1) is 15.7. The molecule has 1 unspecified atom stereocenters. The van der Waals surface area contributed by atoms with Crippen LogP contribution < -0.4 is 14.2 Å². The molecule has 2 rings (SSSR count). The maximum absolute atomic E-state index is 11.8. The predicted octanol–water partition coefficient (Wildman–Crippen LogP) is 3.03. The topological polar surface area (TPSA) is 85.2 Å². The van der Waals surface area contributed by atoms with Gasteiger partial charge in [0.25, 0.3) is 0 Å². The van der Waals surface area contributed by atoms with Gasteiger partial charge in [-0.3, -0.25) is 0 Å². The van der Waals surface area contributed by atoms with Crippen LogP contribution in [0.2, 0.25) is 0 Å². The van der Waals surface area contributed by atoms with E-state index in [2.05, 4.69) is 0 Å². The van der Waals surface area contributed by atoms with Crippen LogP contribution in [0.4, 0.5) is 4.79 Å². The van der Waals surface area contributed by atoms with Gasteiger partial charge >= 0.3 is 6.16 Å². The molecule has 2 N–H and O–H groups in total. The van der Waals surface area contributed by atoms with Crippen molar-refractivity contribution in [2.45, 2.75) is 13.0 Å². The molecule has 0 radical (unpaired) electrons. The lowest BCUT2D eigenvalue weighted by Gasteiger charge is -2.12. The molecule has 0 aliphatic rings. The van der Waals surface area contributed by atoms with Gasteiger partial charge in [0, 0.05) is 11.6 Å². The lowest BCUT2D eigenvalue weighted by atomic mass is 10.1. The number of phenolic OH excluding ortho intramolecular Hbond substituents is 1. The average Bonchev–Trinajstić information content (AvgIpc) is 2.47. The number of hydrogen-bond acceptors (Lipinski definition) is 6. The Morgan fingerprint density at radius 2 is 1.82 bits per heavy atom. The molecule has 6 nitrogen and oxygen atoms in total. The summed E-state index contributed by atoms with van der Waals surface area (Å²) >= 11 is 0. The minimum Gasteiger partial charge on any atom is -0.504 e. The molecule has 0 amide bonds. The largest absolute Gasteiger partial charge is 0.519 e. The smallest absolute Gasteiger partial charge is 0.504 e. The molecule has 22 heavy (non-hydrogen) atoms. The van der Waals surface area contributed by atoms with Crippen LogP contribution in [0.1, 0.15) is 18.6 Å². The monoisotopic (exact) mass is 304 g/mol. The van der Waals surface area contributed by atoms with E-state index in [0.29, 0.717) is 5.56 Å². The number of ether oxygens (including phenoxy) is 3. The van der Waals surface area contributed by atoms with Crippen LogP contribution in [-0.2, 0) is 0 Å². The number of phenols is 1. The Balaban J connectivity index is 2.09. The van der Waals surface area contributed by atoms with Crippen molar-refractivity contribution in [3.8, 4) is 23.0 Å². The number of hydrogen-bond donors (Lipinski definition) is 2. The molecule has 2 aromatic carbocycles. The van der Waals surface area contributed by atoms with Crippen molar-refractivity contribution in [1.82, 2.24) is 0 Å². The summed E-state index contributed by atoms with van der Waals surface area (Å²) < 4.78 is 14.9. The first-order valence-electron chi connectivity index (χ1n) is 6.55. The average molecular weight is 304 g/mol. The second kappa shape index (κ2) is 6.82. The van der Waals surface area contributed by atoms with Gasteiger partial charge in [-0.05, 0) is 25.1 Å². The van der Waals surface area contributed by atoms with Crippen LogP contribution in [0.3, 0.4) is 0 Å². The van der Waals surface area contributed by atoms with Crippen molar-refractivity contribution in [1.29, 1.82) is 0 Å². The SMILES string of the molecule is COc1ccc(OC(=O)Oc2ccccc2C(C)O)cc1O. The van der Waals surface area contributed by atoms with Crippen LogP contribution >= 0.6 is 0 Å². The number of methoxy groups -OCH3 is 1. The first-order chi connectivity index (χ1) is 10.5. The third kappa shape index (κ3) is 3.67. The van der Waals surface area contributed by atoms with E-state index in [1.807, 2.05) is 0 Å². The third-order valence-electron chi connectivity index (χ3n) is 2.91. The number of aliphatic hydroxyl groups is 1. The Kier molecular flexibility index (Phi) is 4.85. The number of carbonyl (C=O) groups is 1. The highest BCUT2D eigenvalue weighted by Gasteiger charge is 2.14. The molecule has 0 saturated heterocycles. The maximum atomic E-state index is 11.8. The Morgan fingerprint density at radius 3 is 2.45 bits per heavy atom. The fourth-order valence-electron chi connectivity index (χ4n) is 1.86. The number of benzene rings is 2. The fraction of sp³-hybridized carbons (Fsp3) is 0.188. The van der Waals surface area contributed by atoms with Crippen molar-refractivity contribution in [2.75, 3.05) is 7.11 Å². The second-order valence-electron chi connectivity index (χ2n) is 4.50. The van der Waals surface area contributed by atoms with E-state index >= 15 is 0 Å². The van der Waals surface area contributed by atoms with Gasteiger partial charge in [-0.1, -0.05) is 18.2 Å². The predicted molar refractivity (Wildman–Crippen MR) is 78.4 cm³/mol. The van der Waals surface area contributed by atoms with Crippen LogP contribution in [0.15, 0.2) is 42.5 Å². The van der Waals surface area contributed by atoms with E-state index in [4.69, 9.17) is 14.2 Å². The molecule has 0 spiro atoms. The zero-order chi connectivity index (χ0) is 16.1. The number of rotatable bonds is 4. The molecule has 0 aliphatic carbocycles. The van der Waals surface area contributed by atoms with Gasteiger partial charge < -0.3 is 24.4 Å². The number of carbonyl (C=O) groups excluding carboxylic acids is 1. The summed E-state index contributed by atoms with van der Waals surface area (Å²) in [5.74, 6) is 0.426. The quantitative estimate of drug-likeness (QED) is 0.667. The van der Waals surface area contributed by atoms with Gasteiger partial charge in [-0.15, -0.1) is 0 Å². The fourth-order valence-corrected chi connectivity index (χ4v) is 1.86. The molecular weight excluding hydrogens is 288 g/mol. The molecule has 2 aromatic rings. The van der Waals surface area contributed by atoms with E-state index in [0.717, 1.165) is 0 Å². The summed E-state index contributed by atoms with van der Waals surface area (Å²) in [6, 6.07) is 10.7. The normalized spacial score (nSPS) is 11.6. The molecule has 0 heterocycles. The molecule has 0 aromatic heterocycles. The summed E-state index contributed by atoms with van der Waals surface area (Å²) in [7, 11) is 1.41. The lowest BCUT2D eigenvalue weighted by molar-refractivity contribution is 0.147. The summed E-state index contributed by atoms with van der Waals surface area (Å²) in [4.78, 5) is 11.8. The zero-order valence-electron chi connectivity index (χ0n) is 12.1. The molecule has 0 saturated carbocycles. The summed E-state index contributed by atoms with van der Waals surface area (Å²) in [5.41, 5.74) is 0.469. The molecule has 0 fully saturated rings. The van der Waals surface area contributed by atoms with Crippen LogP contribution in [0, 0.1) is 0 Å². The minimum atomic E-state index is -0.974. The number of aliphatic hydroxyl groups excluding tert-OH is 1. The Morgan fingerprint density at radius 1 is 1.09 bits per heavy atom. The Labute approximate surface area is 127 Å². The van der Waals surface area contributed by atoms with Crippen LogP contribution in [-0.4, -0.2) is 23.5 Å². The molecular formula is C16H16O6. The molecule has 0 aliphatic heterocycles. The number of para-hydroxylation sites is 1. The Bertz CT molecular complexity index is 665. The van der Waals surface area contributed by atoms with Gasteiger partial charge in [-0.25, -0.2) is 4.79 Å². The van der Waals surface area contributed by atoms with Gasteiger partial charge in [0.2, 0.25) is 0 Å². The van der Waals surface area contributed by atoms with Gasteiger partial charge in [0.1, 0.15) is 11.5 Å². The molecule has 116 valence electrons. The maximum Gasteiger partial charge on any atom is 0.519 e. The number of aromatic hydroxyl groups is 1. The summed E-state index contributed by atoms with van der Waals surface area (Å²) in [6.45, 7) is 1.56. The van der Waals surface area contributed by atoms with Gasteiger partial charge in [0.05, 0.1) is 13.2 Å². The van der Waals surface area contributed by atoms with E-state index in [1.165, 1.54) is 25.3 Å². The van der Waals surface area contributed by atoms with E-state index in [-0.39, 0.29) is 23.0 Å². The first-order valence-corrected chi connectivity index (χ1v) is 6.55. The van der Waals surface area contributed by atoms with Crippen LogP contribution in [0.25, 0.3) is 0 Å². The van der Waals surface area contributed by atoms with E-state index in [9.17, 15) is 15.0 Å².